The van der Waals surface area contributed by atoms with Gasteiger partial charge in [-0.05, 0) is 113 Å². The molecule has 55 heavy (non-hydrogen) atoms. The summed E-state index contributed by atoms with van der Waals surface area (Å²) in [5.74, 6) is 0.526. The molecule has 10 aromatic carbocycles. The van der Waals surface area contributed by atoms with E-state index in [1.807, 2.05) is 36.4 Å². The molecule has 0 amide bonds. The molecule has 0 aliphatic carbocycles. The van der Waals surface area contributed by atoms with E-state index in [1.54, 1.807) is 0 Å². The summed E-state index contributed by atoms with van der Waals surface area (Å²) in [7, 11) is 0. The van der Waals surface area contributed by atoms with Gasteiger partial charge in [0.1, 0.15) is 5.82 Å². The van der Waals surface area contributed by atoms with Crippen molar-refractivity contribution < 1.29 is 9.60 Å². The van der Waals surface area contributed by atoms with Crippen LogP contribution in [-0.4, -0.2) is 14.5 Å². The van der Waals surface area contributed by atoms with Crippen LogP contribution in [0.25, 0.3) is 115 Å². The fourth-order valence-corrected chi connectivity index (χ4v) is 8.44. The lowest BCUT2D eigenvalue weighted by Gasteiger charge is -2.14. The van der Waals surface area contributed by atoms with E-state index in [9.17, 15) is 1.37 Å². The molecule has 12 aromatic rings. The molecule has 3 heteroatoms. The molecule has 2 heterocycles. The number of rotatable bonds is 3. The number of benzene rings is 10. The molecule has 0 aliphatic rings. The standard InChI is InChI=1S/C52H31N3/c1-2-12-33-27-38(22-21-32(33)11-1)51-53-48-20-10-9-19-44(48)52(54-51)55-49-26-24-37(30-46(49)47-29-34-13-3-4-14-35(34)31-50(47)55)36-23-25-43-41-17-6-5-15-39(41)40-16-7-8-18-42(40)45(43)28-36/h1-31H/i1D,2D,11D,12D,21D,22D,27D. The van der Waals surface area contributed by atoms with Gasteiger partial charge in [0.25, 0.3) is 0 Å². The second-order valence-electron chi connectivity index (χ2n) is 14.0. The fraction of sp³-hybridized carbons (Fsp3) is 0. The summed E-state index contributed by atoms with van der Waals surface area (Å²) in [6, 6.07) is 47.5. The maximum atomic E-state index is 9.33. The van der Waals surface area contributed by atoms with Crippen LogP contribution in [-0.2, 0) is 0 Å². The average molecular weight is 705 g/mol. The highest BCUT2D eigenvalue weighted by atomic mass is 15.1. The fourth-order valence-electron chi connectivity index (χ4n) is 8.44. The van der Waals surface area contributed by atoms with Gasteiger partial charge in [0.15, 0.2) is 5.82 Å². The smallest absolute Gasteiger partial charge is 0.162 e. The van der Waals surface area contributed by atoms with Crippen LogP contribution in [0, 0.1) is 0 Å². The summed E-state index contributed by atoms with van der Waals surface area (Å²) in [6.45, 7) is 0. The third-order valence-electron chi connectivity index (χ3n) is 11.0. The van der Waals surface area contributed by atoms with Crippen LogP contribution in [0.3, 0.4) is 0 Å². The van der Waals surface area contributed by atoms with Crippen LogP contribution in [0.15, 0.2) is 188 Å². The summed E-state index contributed by atoms with van der Waals surface area (Å²) in [5.41, 5.74) is 4.40. The topological polar surface area (TPSA) is 30.7 Å². The van der Waals surface area contributed by atoms with Gasteiger partial charge >= 0.3 is 0 Å². The van der Waals surface area contributed by atoms with E-state index in [2.05, 4.69) is 114 Å². The van der Waals surface area contributed by atoms with Crippen molar-refractivity contribution in [2.45, 2.75) is 0 Å². The monoisotopic (exact) mass is 704 g/mol. The van der Waals surface area contributed by atoms with Crippen LogP contribution in [0.1, 0.15) is 9.60 Å². The SMILES string of the molecule is [2H]c1c([2H])c([2H])c2c([2H])c(-c3nc(-n4c5ccc(-c6ccc7c8ccccc8c8ccccc8c7c6)cc5c5cc6ccccc6cc54)c4ccccc4n3)c([2H])c([2H])c2c1[2H]. The lowest BCUT2D eigenvalue weighted by Crippen LogP contribution is -2.02. The minimum Gasteiger partial charge on any atom is -0.293 e. The Hall–Kier alpha value is -7.36. The maximum absolute atomic E-state index is 9.33. The third kappa shape index (κ3) is 4.57. The number of nitrogens with zero attached hydrogens (tertiary/aromatic N) is 3. The molecule has 0 saturated carbocycles. The van der Waals surface area contributed by atoms with Gasteiger partial charge in [0.2, 0.25) is 0 Å². The first-order valence-electron chi connectivity index (χ1n) is 21.8. The van der Waals surface area contributed by atoms with E-state index in [4.69, 9.17) is 18.2 Å². The molecule has 12 rings (SSSR count). The van der Waals surface area contributed by atoms with Crippen LogP contribution >= 0.6 is 0 Å². The first-order chi connectivity index (χ1) is 30.2. The Labute approximate surface area is 326 Å². The normalized spacial score (nSPS) is 13.8. The Morgan fingerprint density at radius 1 is 0.382 bits per heavy atom. The molecule has 254 valence electrons. The van der Waals surface area contributed by atoms with Gasteiger partial charge in [-0.3, -0.25) is 4.57 Å². The van der Waals surface area contributed by atoms with Crippen LogP contribution in [0.5, 0.6) is 0 Å². The third-order valence-corrected chi connectivity index (χ3v) is 11.0. The molecule has 0 radical (unpaired) electrons. The van der Waals surface area contributed by atoms with Gasteiger partial charge in [-0.15, -0.1) is 0 Å². The van der Waals surface area contributed by atoms with E-state index < -0.39 is 30.2 Å². The lowest BCUT2D eigenvalue weighted by molar-refractivity contribution is 1.08. The summed E-state index contributed by atoms with van der Waals surface area (Å²) in [6.07, 6.45) is 0. The molecular formula is C52H31N3. The molecule has 0 unspecified atom stereocenters. The van der Waals surface area contributed by atoms with E-state index >= 15 is 0 Å². The first-order valence-corrected chi connectivity index (χ1v) is 18.3. The Kier molecular flexibility index (Phi) is 5.06. The van der Waals surface area contributed by atoms with Crippen molar-refractivity contribution in [3.05, 3.63) is 188 Å². The highest BCUT2D eigenvalue weighted by molar-refractivity contribution is 6.26. The molecule has 0 aliphatic heterocycles. The van der Waals surface area contributed by atoms with Gasteiger partial charge in [-0.25, -0.2) is 9.97 Å². The van der Waals surface area contributed by atoms with Crippen LogP contribution in [0.2, 0.25) is 0 Å². The van der Waals surface area contributed by atoms with Gasteiger partial charge in [0.05, 0.1) is 26.1 Å². The van der Waals surface area contributed by atoms with Gasteiger partial charge in [-0.1, -0.05) is 139 Å². The zero-order chi connectivity index (χ0) is 42.1. The van der Waals surface area contributed by atoms with E-state index in [0.717, 1.165) is 49.1 Å². The van der Waals surface area contributed by atoms with Crippen molar-refractivity contribution in [3.63, 3.8) is 0 Å². The van der Waals surface area contributed by atoms with Crippen molar-refractivity contribution >= 4 is 86.6 Å². The molecule has 0 atom stereocenters. The predicted octanol–water partition coefficient (Wildman–Crippen LogP) is 13.8. The maximum Gasteiger partial charge on any atom is 0.162 e. The van der Waals surface area contributed by atoms with Crippen molar-refractivity contribution in [3.8, 4) is 28.3 Å². The zero-order valence-corrected chi connectivity index (χ0v) is 29.2. The number of hydrogen-bond acceptors (Lipinski definition) is 2. The Morgan fingerprint density at radius 2 is 0.964 bits per heavy atom. The summed E-state index contributed by atoms with van der Waals surface area (Å²) >= 11 is 0. The van der Waals surface area contributed by atoms with Gasteiger partial charge < -0.3 is 0 Å². The predicted molar refractivity (Wildman–Crippen MR) is 232 cm³/mol. The van der Waals surface area contributed by atoms with Crippen LogP contribution in [0.4, 0.5) is 0 Å². The van der Waals surface area contributed by atoms with Crippen LogP contribution < -0.4 is 0 Å². The van der Waals surface area contributed by atoms with Gasteiger partial charge in [0, 0.05) is 21.7 Å². The molecule has 0 N–H and O–H groups in total. The first kappa shape index (κ1) is 24.1. The minimum atomic E-state index is -0.517. The molecule has 0 saturated heterocycles. The van der Waals surface area contributed by atoms with Crippen molar-refractivity contribution in [2.24, 2.45) is 0 Å². The van der Waals surface area contributed by atoms with Crippen molar-refractivity contribution in [1.82, 2.24) is 14.5 Å². The number of aromatic nitrogens is 3. The molecule has 0 fully saturated rings. The molecule has 0 bridgehead atoms. The summed E-state index contributed by atoms with van der Waals surface area (Å²) < 4.78 is 63.4. The highest BCUT2D eigenvalue weighted by Crippen LogP contribution is 2.41. The van der Waals surface area contributed by atoms with E-state index in [0.29, 0.717) is 11.3 Å². The van der Waals surface area contributed by atoms with Crippen molar-refractivity contribution in [2.75, 3.05) is 0 Å². The minimum absolute atomic E-state index is 0.0137. The zero-order valence-electron chi connectivity index (χ0n) is 36.2. The number of fused-ring (bicyclic) bond motifs is 12. The second-order valence-corrected chi connectivity index (χ2v) is 14.0. The Bertz CT molecular complexity index is 3940. The molecule has 2 aromatic heterocycles. The molecular weight excluding hydrogens is 667 g/mol. The van der Waals surface area contributed by atoms with Crippen molar-refractivity contribution in [1.29, 1.82) is 0 Å². The quantitative estimate of drug-likeness (QED) is 0.171. The Morgan fingerprint density at radius 3 is 1.73 bits per heavy atom. The summed E-state index contributed by atoms with van der Waals surface area (Å²) in [5, 5.41) is 11.8. The second kappa shape index (κ2) is 11.6. The lowest BCUT2D eigenvalue weighted by atomic mass is 9.92. The average Bonchev–Trinajstić information content (AvgIpc) is 3.62. The van der Waals surface area contributed by atoms with E-state index in [1.165, 1.54) is 32.3 Å². The number of hydrogen-bond donors (Lipinski definition) is 0. The van der Waals surface area contributed by atoms with E-state index in [-0.39, 0.29) is 34.2 Å². The highest BCUT2D eigenvalue weighted by Gasteiger charge is 2.20. The summed E-state index contributed by atoms with van der Waals surface area (Å²) in [4.78, 5) is 10.0. The molecule has 0 spiro atoms. The Balaban J connectivity index is 1.14. The number of para-hydroxylation sites is 1. The molecule has 3 nitrogen and oxygen atoms in total. The largest absolute Gasteiger partial charge is 0.293 e. The van der Waals surface area contributed by atoms with Gasteiger partial charge in [-0.2, -0.15) is 0 Å².